The molecule has 2 nitrogen and oxygen atoms in total. The molecule has 0 aliphatic carbocycles. The lowest BCUT2D eigenvalue weighted by Gasteiger charge is -2.12. The molecule has 18 heavy (non-hydrogen) atoms. The minimum atomic E-state index is -4.43. The molecule has 1 aromatic rings. The van der Waals surface area contributed by atoms with E-state index in [0.717, 1.165) is 6.07 Å². The van der Waals surface area contributed by atoms with E-state index < -0.39 is 18.6 Å². The molecule has 0 saturated carbocycles. The number of halogens is 4. The first-order valence-electron chi connectivity index (χ1n) is 5.48. The Balaban J connectivity index is 2.68. The van der Waals surface area contributed by atoms with Crippen molar-refractivity contribution in [2.45, 2.75) is 32.6 Å². The van der Waals surface area contributed by atoms with E-state index in [1.807, 2.05) is 13.8 Å². The number of hydrogen-bond donors (Lipinski definition) is 1. The Morgan fingerprint density at radius 3 is 2.44 bits per heavy atom. The van der Waals surface area contributed by atoms with Gasteiger partial charge in [-0.1, -0.05) is 13.8 Å². The van der Waals surface area contributed by atoms with Crippen LogP contribution in [0.2, 0.25) is 0 Å². The molecule has 0 bridgehead atoms. The minimum Gasteiger partial charge on any atom is -0.484 e. The maximum absolute atomic E-state index is 13.2. The lowest BCUT2D eigenvalue weighted by atomic mass is 10.2. The fraction of sp³-hybridized carbons (Fsp3) is 0.500. The van der Waals surface area contributed by atoms with Crippen LogP contribution in [0.25, 0.3) is 0 Å². The predicted molar refractivity (Wildman–Crippen MR) is 59.9 cm³/mol. The van der Waals surface area contributed by atoms with Gasteiger partial charge in [0, 0.05) is 18.7 Å². The van der Waals surface area contributed by atoms with E-state index in [1.54, 1.807) is 0 Å². The number of alkyl halides is 3. The number of ether oxygens (including phenoxy) is 1. The average Bonchev–Trinajstić information content (AvgIpc) is 2.22. The van der Waals surface area contributed by atoms with Crippen LogP contribution in [-0.2, 0) is 6.54 Å². The highest BCUT2D eigenvalue weighted by molar-refractivity contribution is 5.29. The largest absolute Gasteiger partial charge is 0.484 e. The van der Waals surface area contributed by atoms with Gasteiger partial charge >= 0.3 is 6.18 Å². The molecule has 1 aromatic carbocycles. The van der Waals surface area contributed by atoms with Crippen molar-refractivity contribution in [2.24, 2.45) is 0 Å². The molecular weight excluding hydrogens is 250 g/mol. The molecule has 0 unspecified atom stereocenters. The third kappa shape index (κ3) is 5.86. The van der Waals surface area contributed by atoms with Crippen LogP contribution in [0.15, 0.2) is 18.2 Å². The Bertz CT molecular complexity index is 390. The van der Waals surface area contributed by atoms with Crippen LogP contribution in [0.5, 0.6) is 5.75 Å². The van der Waals surface area contributed by atoms with E-state index in [2.05, 4.69) is 10.1 Å². The maximum atomic E-state index is 13.2. The molecular formula is C12H15F4NO. The van der Waals surface area contributed by atoms with Gasteiger partial charge in [-0.05, 0) is 17.7 Å². The maximum Gasteiger partial charge on any atom is 0.422 e. The predicted octanol–water partition coefficient (Wildman–Crippen LogP) is 3.26. The molecule has 0 amide bonds. The first kappa shape index (κ1) is 14.8. The molecule has 0 heterocycles. The first-order valence-corrected chi connectivity index (χ1v) is 5.48. The van der Waals surface area contributed by atoms with Gasteiger partial charge in [-0.25, -0.2) is 4.39 Å². The van der Waals surface area contributed by atoms with Crippen LogP contribution in [0.1, 0.15) is 19.4 Å². The van der Waals surface area contributed by atoms with Gasteiger partial charge in [-0.3, -0.25) is 0 Å². The summed E-state index contributed by atoms with van der Waals surface area (Å²) in [5.74, 6) is -0.733. The van der Waals surface area contributed by atoms with Crippen LogP contribution >= 0.6 is 0 Å². The van der Waals surface area contributed by atoms with Crippen molar-refractivity contribution in [2.75, 3.05) is 6.61 Å². The Morgan fingerprint density at radius 2 is 1.89 bits per heavy atom. The van der Waals surface area contributed by atoms with Gasteiger partial charge in [0.15, 0.2) is 6.61 Å². The van der Waals surface area contributed by atoms with E-state index >= 15 is 0 Å². The van der Waals surface area contributed by atoms with Gasteiger partial charge < -0.3 is 10.1 Å². The lowest BCUT2D eigenvalue weighted by Crippen LogP contribution is -2.22. The van der Waals surface area contributed by atoms with Crippen molar-refractivity contribution >= 4 is 0 Å². The zero-order valence-corrected chi connectivity index (χ0v) is 10.1. The molecule has 0 spiro atoms. The van der Waals surface area contributed by atoms with E-state index in [0.29, 0.717) is 12.1 Å². The Hall–Kier alpha value is -1.30. The lowest BCUT2D eigenvalue weighted by molar-refractivity contribution is -0.153. The van der Waals surface area contributed by atoms with Crippen molar-refractivity contribution in [1.82, 2.24) is 5.32 Å². The molecule has 1 N–H and O–H groups in total. The van der Waals surface area contributed by atoms with E-state index in [1.165, 1.54) is 12.1 Å². The Morgan fingerprint density at radius 1 is 1.22 bits per heavy atom. The topological polar surface area (TPSA) is 21.3 Å². The molecule has 0 aromatic heterocycles. The van der Waals surface area contributed by atoms with Gasteiger partial charge in [-0.2, -0.15) is 13.2 Å². The average molecular weight is 265 g/mol. The van der Waals surface area contributed by atoms with Gasteiger partial charge in [0.2, 0.25) is 0 Å². The van der Waals surface area contributed by atoms with Crippen molar-refractivity contribution in [3.8, 4) is 5.75 Å². The summed E-state index contributed by atoms with van der Waals surface area (Å²) in [5.41, 5.74) is 0.542. The highest BCUT2D eigenvalue weighted by Crippen LogP contribution is 2.20. The van der Waals surface area contributed by atoms with Gasteiger partial charge in [0.05, 0.1) is 0 Å². The summed E-state index contributed by atoms with van der Waals surface area (Å²) in [7, 11) is 0. The second kappa shape index (κ2) is 6.04. The van der Waals surface area contributed by atoms with Gasteiger partial charge in [0.25, 0.3) is 0 Å². The molecule has 0 aliphatic rings. The third-order valence-corrected chi connectivity index (χ3v) is 2.05. The minimum absolute atomic E-state index is 0.118. The molecule has 102 valence electrons. The molecule has 1 rings (SSSR count). The molecule has 0 radical (unpaired) electrons. The number of rotatable bonds is 5. The zero-order valence-electron chi connectivity index (χ0n) is 10.1. The fourth-order valence-electron chi connectivity index (χ4n) is 1.29. The molecule has 0 atom stereocenters. The summed E-state index contributed by atoms with van der Waals surface area (Å²) in [4.78, 5) is 0. The Labute approximate surface area is 103 Å². The third-order valence-electron chi connectivity index (χ3n) is 2.05. The molecule has 0 fully saturated rings. The first-order chi connectivity index (χ1) is 8.26. The van der Waals surface area contributed by atoms with Crippen LogP contribution in [0, 0.1) is 5.82 Å². The van der Waals surface area contributed by atoms with Crippen molar-refractivity contribution in [3.05, 3.63) is 29.6 Å². The van der Waals surface area contributed by atoms with Crippen molar-refractivity contribution < 1.29 is 22.3 Å². The highest BCUT2D eigenvalue weighted by Gasteiger charge is 2.28. The summed E-state index contributed by atoms with van der Waals surface area (Å²) in [6, 6.07) is 3.79. The zero-order chi connectivity index (χ0) is 13.8. The van der Waals surface area contributed by atoms with Crippen LogP contribution in [0.3, 0.4) is 0 Å². The van der Waals surface area contributed by atoms with E-state index in [9.17, 15) is 17.6 Å². The van der Waals surface area contributed by atoms with E-state index in [4.69, 9.17) is 0 Å². The standard InChI is InChI=1S/C12H15F4NO/c1-8(2)17-6-9-3-10(13)5-11(4-9)18-7-12(14,15)16/h3-5,8,17H,6-7H2,1-2H3. The molecule has 0 saturated heterocycles. The second-order valence-corrected chi connectivity index (χ2v) is 4.23. The number of benzene rings is 1. The SMILES string of the molecule is CC(C)NCc1cc(F)cc(OCC(F)(F)F)c1. The van der Waals surface area contributed by atoms with Gasteiger partial charge in [0.1, 0.15) is 11.6 Å². The number of nitrogens with one attached hydrogen (secondary N) is 1. The number of hydrogen-bond acceptors (Lipinski definition) is 2. The molecule has 6 heteroatoms. The monoisotopic (exact) mass is 265 g/mol. The quantitative estimate of drug-likeness (QED) is 0.825. The van der Waals surface area contributed by atoms with Crippen LogP contribution in [-0.4, -0.2) is 18.8 Å². The van der Waals surface area contributed by atoms with E-state index in [-0.39, 0.29) is 11.8 Å². The second-order valence-electron chi connectivity index (χ2n) is 4.23. The smallest absolute Gasteiger partial charge is 0.422 e. The Kier molecular flexibility index (Phi) is 4.95. The van der Waals surface area contributed by atoms with Crippen LogP contribution < -0.4 is 10.1 Å². The normalized spacial score (nSPS) is 11.9. The summed E-state index contributed by atoms with van der Waals surface area (Å²) >= 11 is 0. The van der Waals surface area contributed by atoms with Crippen molar-refractivity contribution in [1.29, 1.82) is 0 Å². The summed E-state index contributed by atoms with van der Waals surface area (Å²) in [5, 5.41) is 3.04. The van der Waals surface area contributed by atoms with Crippen LogP contribution in [0.4, 0.5) is 17.6 Å². The fourth-order valence-corrected chi connectivity index (χ4v) is 1.29. The molecule has 0 aliphatic heterocycles. The van der Waals surface area contributed by atoms with Gasteiger partial charge in [-0.15, -0.1) is 0 Å². The summed E-state index contributed by atoms with van der Waals surface area (Å²) in [6.07, 6.45) is -4.43. The van der Waals surface area contributed by atoms with Crippen molar-refractivity contribution in [3.63, 3.8) is 0 Å². The summed E-state index contributed by atoms with van der Waals surface area (Å²) in [6.45, 7) is 2.78. The highest BCUT2D eigenvalue weighted by atomic mass is 19.4. The summed E-state index contributed by atoms with van der Waals surface area (Å²) < 4.78 is 53.6.